The van der Waals surface area contributed by atoms with E-state index in [1.54, 1.807) is 35.4 Å². The molecule has 0 bridgehead atoms. The third-order valence-corrected chi connectivity index (χ3v) is 3.48. The van der Waals surface area contributed by atoms with Gasteiger partial charge in [0.15, 0.2) is 6.79 Å². The molecule has 0 aliphatic heterocycles. The zero-order valence-corrected chi connectivity index (χ0v) is 13.8. The summed E-state index contributed by atoms with van der Waals surface area (Å²) in [4.78, 5) is 4.00. The van der Waals surface area contributed by atoms with Crippen LogP contribution in [0.4, 0.5) is 0 Å². The van der Waals surface area contributed by atoms with E-state index in [2.05, 4.69) is 11.9 Å². The fourth-order valence-electron chi connectivity index (χ4n) is 1.77. The Hall–Kier alpha value is -1.49. The van der Waals surface area contributed by atoms with Crippen LogP contribution in [-0.2, 0) is 9.47 Å². The van der Waals surface area contributed by atoms with Crippen LogP contribution in [0.2, 0.25) is 10.0 Å². The van der Waals surface area contributed by atoms with Gasteiger partial charge in [0.2, 0.25) is 0 Å². The van der Waals surface area contributed by atoms with Crippen molar-refractivity contribution in [3.05, 3.63) is 52.5 Å². The van der Waals surface area contributed by atoms with Crippen molar-refractivity contribution in [1.29, 1.82) is 0 Å². The van der Waals surface area contributed by atoms with Gasteiger partial charge in [-0.3, -0.25) is 0 Å². The number of unbranched alkanes of at least 4 members (excludes halogenated alkanes) is 1. The van der Waals surface area contributed by atoms with Crippen LogP contribution >= 0.6 is 23.2 Å². The molecule has 0 amide bonds. The molecule has 2 aromatic rings. The first-order valence-corrected chi connectivity index (χ1v) is 7.81. The first kappa shape index (κ1) is 16.9. The summed E-state index contributed by atoms with van der Waals surface area (Å²) in [5.41, 5.74) is 0.749. The lowest BCUT2D eigenvalue weighted by Crippen LogP contribution is -2.02. The lowest BCUT2D eigenvalue weighted by molar-refractivity contribution is -0.00191. The molecule has 118 valence electrons. The molecule has 0 saturated carbocycles. The highest BCUT2D eigenvalue weighted by molar-refractivity contribution is 6.35. The number of hydrogen-bond acceptors (Lipinski definition) is 3. The second-order valence-electron chi connectivity index (χ2n) is 4.65. The van der Waals surface area contributed by atoms with Crippen LogP contribution in [0.5, 0.6) is 0 Å². The summed E-state index contributed by atoms with van der Waals surface area (Å²) in [6, 6.07) is 5.27. The maximum absolute atomic E-state index is 6.26. The lowest BCUT2D eigenvalue weighted by Gasteiger charge is -2.13. The number of benzene rings is 1. The Balaban J connectivity index is 2.14. The second kappa shape index (κ2) is 8.83. The minimum absolute atomic E-state index is 0.166. The highest BCUT2D eigenvalue weighted by Crippen LogP contribution is 2.28. The van der Waals surface area contributed by atoms with Crippen molar-refractivity contribution in [3.63, 3.8) is 0 Å². The quantitative estimate of drug-likeness (QED) is 0.388. The second-order valence-corrected chi connectivity index (χ2v) is 5.50. The molecule has 1 aromatic carbocycles. The molecule has 0 N–H and O–H groups in total. The average Bonchev–Trinajstić information content (AvgIpc) is 2.99. The monoisotopic (exact) mass is 340 g/mol. The van der Waals surface area contributed by atoms with Gasteiger partial charge in [0, 0.05) is 23.0 Å². The van der Waals surface area contributed by atoms with Gasteiger partial charge in [-0.2, -0.15) is 0 Å². The molecule has 4 nitrogen and oxygen atoms in total. The molecular weight excluding hydrogens is 323 g/mol. The van der Waals surface area contributed by atoms with E-state index in [4.69, 9.17) is 32.7 Å². The van der Waals surface area contributed by atoms with Crippen molar-refractivity contribution in [3.8, 4) is 0 Å². The normalized spacial score (nSPS) is 11.7. The Morgan fingerprint density at radius 3 is 2.91 bits per heavy atom. The van der Waals surface area contributed by atoms with Gasteiger partial charge in [-0.1, -0.05) is 36.5 Å². The van der Waals surface area contributed by atoms with Crippen molar-refractivity contribution in [2.24, 2.45) is 0 Å². The Bertz CT molecular complexity index is 613. The molecule has 0 atom stereocenters. The van der Waals surface area contributed by atoms with Crippen LogP contribution in [0.1, 0.15) is 25.3 Å². The molecule has 1 aromatic heterocycles. The molecule has 0 radical (unpaired) electrons. The van der Waals surface area contributed by atoms with Crippen LogP contribution in [-0.4, -0.2) is 23.0 Å². The Morgan fingerprint density at radius 1 is 1.36 bits per heavy atom. The summed E-state index contributed by atoms with van der Waals surface area (Å²) in [6.07, 6.45) is 9.06. The minimum Gasteiger partial charge on any atom is -0.465 e. The van der Waals surface area contributed by atoms with E-state index >= 15 is 0 Å². The molecule has 6 heteroatoms. The third-order valence-electron chi connectivity index (χ3n) is 2.93. The summed E-state index contributed by atoms with van der Waals surface area (Å²) in [7, 11) is 0. The van der Waals surface area contributed by atoms with Crippen LogP contribution in [0.15, 0.2) is 36.9 Å². The van der Waals surface area contributed by atoms with Gasteiger partial charge in [-0.15, -0.1) is 0 Å². The van der Waals surface area contributed by atoms with E-state index in [9.17, 15) is 0 Å². The van der Waals surface area contributed by atoms with E-state index in [0.717, 1.165) is 18.4 Å². The molecule has 0 spiro atoms. The predicted molar refractivity (Wildman–Crippen MR) is 89.7 cm³/mol. The fourth-order valence-corrected chi connectivity index (χ4v) is 2.27. The number of rotatable bonds is 8. The number of nitrogens with zero attached hydrogens (tertiary/aromatic N) is 2. The highest BCUT2D eigenvalue weighted by Gasteiger charge is 2.09. The lowest BCUT2D eigenvalue weighted by atomic mass is 10.2. The van der Waals surface area contributed by atoms with Gasteiger partial charge in [-0.25, -0.2) is 4.98 Å². The Kier molecular flexibility index (Phi) is 6.77. The van der Waals surface area contributed by atoms with Crippen LogP contribution in [0, 0.1) is 0 Å². The molecule has 0 saturated heterocycles. The van der Waals surface area contributed by atoms with Gasteiger partial charge in [0.05, 0.1) is 24.2 Å². The predicted octanol–water partition coefficient (Wildman–Crippen LogP) is 4.94. The van der Waals surface area contributed by atoms with Gasteiger partial charge in [0.1, 0.15) is 5.76 Å². The third kappa shape index (κ3) is 5.05. The largest absolute Gasteiger partial charge is 0.465 e. The molecule has 0 fully saturated rings. The first-order valence-electron chi connectivity index (χ1n) is 7.06. The van der Waals surface area contributed by atoms with Gasteiger partial charge < -0.3 is 14.0 Å². The fraction of sp³-hybridized carbons (Fsp3) is 0.312. The zero-order valence-electron chi connectivity index (χ0n) is 12.3. The van der Waals surface area contributed by atoms with Gasteiger partial charge in [-0.05, 0) is 24.6 Å². The molecule has 0 unspecified atom stereocenters. The van der Waals surface area contributed by atoms with Crippen molar-refractivity contribution in [2.75, 3.05) is 13.4 Å². The van der Waals surface area contributed by atoms with Crippen molar-refractivity contribution in [2.45, 2.75) is 19.8 Å². The average molecular weight is 341 g/mol. The number of halogens is 2. The van der Waals surface area contributed by atoms with Crippen molar-refractivity contribution in [1.82, 2.24) is 9.55 Å². The van der Waals surface area contributed by atoms with Gasteiger partial charge in [0.25, 0.3) is 0 Å². The van der Waals surface area contributed by atoms with Crippen LogP contribution in [0.3, 0.4) is 0 Å². The van der Waals surface area contributed by atoms with Crippen LogP contribution < -0.4 is 0 Å². The Labute approximate surface area is 140 Å². The standard InChI is InChI=1S/C16H18Cl2N2O2/c1-2-3-8-21-12-22-16(10-20-7-6-19-11-20)14-5-4-13(17)9-15(14)18/h4-7,9-11H,2-3,8,12H2,1H3/b16-10-. The maximum Gasteiger partial charge on any atom is 0.189 e. The molecule has 22 heavy (non-hydrogen) atoms. The number of hydrogen-bond donors (Lipinski definition) is 0. The maximum atomic E-state index is 6.26. The summed E-state index contributed by atoms with van der Waals surface area (Å²) in [5.74, 6) is 0.594. The topological polar surface area (TPSA) is 36.3 Å². The van der Waals surface area contributed by atoms with Crippen molar-refractivity contribution >= 4 is 35.2 Å². The molecule has 1 heterocycles. The van der Waals surface area contributed by atoms with E-state index < -0.39 is 0 Å². The molecule has 2 rings (SSSR count). The SMILES string of the molecule is CCCCOCO/C(=C\n1ccnc1)c1ccc(Cl)cc1Cl. The van der Waals surface area contributed by atoms with Crippen LogP contribution in [0.25, 0.3) is 12.0 Å². The highest BCUT2D eigenvalue weighted by atomic mass is 35.5. The van der Waals surface area contributed by atoms with E-state index in [0.29, 0.717) is 22.4 Å². The molecule has 0 aliphatic rings. The zero-order chi connectivity index (χ0) is 15.8. The smallest absolute Gasteiger partial charge is 0.189 e. The Morgan fingerprint density at radius 2 is 2.23 bits per heavy atom. The van der Waals surface area contributed by atoms with E-state index in [1.807, 2.05) is 12.3 Å². The summed E-state index contributed by atoms with van der Waals surface area (Å²) >= 11 is 12.2. The van der Waals surface area contributed by atoms with Crippen molar-refractivity contribution < 1.29 is 9.47 Å². The van der Waals surface area contributed by atoms with Gasteiger partial charge >= 0.3 is 0 Å². The summed E-state index contributed by atoms with van der Waals surface area (Å²) in [6.45, 7) is 2.95. The number of ether oxygens (including phenoxy) is 2. The number of aromatic nitrogens is 2. The minimum atomic E-state index is 0.166. The first-order chi connectivity index (χ1) is 10.7. The molecular formula is C16H18Cl2N2O2. The molecule has 0 aliphatic carbocycles. The van der Waals surface area contributed by atoms with E-state index in [-0.39, 0.29) is 6.79 Å². The summed E-state index contributed by atoms with van der Waals surface area (Å²) in [5, 5.41) is 1.10. The van der Waals surface area contributed by atoms with E-state index in [1.165, 1.54) is 0 Å². The number of imidazole rings is 1. The summed E-state index contributed by atoms with van der Waals surface area (Å²) < 4.78 is 13.0.